The van der Waals surface area contributed by atoms with Crippen LogP contribution in [0.1, 0.15) is 18.4 Å². The predicted octanol–water partition coefficient (Wildman–Crippen LogP) is 1.21. The molecule has 1 aliphatic heterocycles. The Balaban J connectivity index is 1.97. The van der Waals surface area contributed by atoms with Crippen LogP contribution in [0.5, 0.6) is 0 Å². The van der Waals surface area contributed by atoms with Gasteiger partial charge >= 0.3 is 0 Å². The number of nitrogens with two attached hydrogens (primary N) is 1. The lowest BCUT2D eigenvalue weighted by Gasteiger charge is -2.23. The minimum absolute atomic E-state index is 0.210. The van der Waals surface area contributed by atoms with Crippen LogP contribution in [0.4, 0.5) is 10.2 Å². The lowest BCUT2D eigenvalue weighted by Crippen LogP contribution is -2.32. The Morgan fingerprint density at radius 3 is 2.83 bits per heavy atom. The standard InChI is InChI=1S/C13H21FN4/c1-17(8-9-18-6-2-3-7-18)13-12(14)11(10-15)4-5-16-13/h4-5H,2-3,6-10,15H2,1H3. The molecule has 0 saturated carbocycles. The van der Waals surface area contributed by atoms with E-state index < -0.39 is 0 Å². The van der Waals surface area contributed by atoms with Gasteiger partial charge in [0.25, 0.3) is 0 Å². The van der Waals surface area contributed by atoms with Crippen molar-refractivity contribution < 1.29 is 4.39 Å². The van der Waals surface area contributed by atoms with E-state index in [1.807, 2.05) is 11.9 Å². The van der Waals surface area contributed by atoms with Gasteiger partial charge in [0.1, 0.15) is 0 Å². The maximum absolute atomic E-state index is 14.0. The average Bonchev–Trinajstić information content (AvgIpc) is 2.89. The summed E-state index contributed by atoms with van der Waals surface area (Å²) in [5.74, 6) is 0.112. The molecule has 1 aromatic heterocycles. The summed E-state index contributed by atoms with van der Waals surface area (Å²) in [6, 6.07) is 1.63. The molecule has 2 rings (SSSR count). The molecule has 1 aromatic rings. The Hall–Kier alpha value is -1.20. The Bertz CT molecular complexity index is 391. The van der Waals surface area contributed by atoms with E-state index in [1.165, 1.54) is 12.8 Å². The van der Waals surface area contributed by atoms with Crippen LogP contribution in [0.2, 0.25) is 0 Å². The number of likely N-dealkylation sites (N-methyl/N-ethyl adjacent to an activating group) is 1. The summed E-state index contributed by atoms with van der Waals surface area (Å²) in [5.41, 5.74) is 6.02. The molecule has 0 amide bonds. The predicted molar refractivity (Wildman–Crippen MR) is 71.0 cm³/mol. The van der Waals surface area contributed by atoms with Gasteiger partial charge in [-0.3, -0.25) is 0 Å². The van der Waals surface area contributed by atoms with Crippen LogP contribution in [0.15, 0.2) is 12.3 Å². The maximum Gasteiger partial charge on any atom is 0.170 e. The van der Waals surface area contributed by atoms with E-state index in [0.717, 1.165) is 26.2 Å². The number of hydrogen-bond acceptors (Lipinski definition) is 4. The second kappa shape index (κ2) is 6.11. The molecular weight excluding hydrogens is 231 g/mol. The summed E-state index contributed by atoms with van der Waals surface area (Å²) in [5, 5.41) is 0. The molecule has 2 N–H and O–H groups in total. The number of rotatable bonds is 5. The Labute approximate surface area is 108 Å². The largest absolute Gasteiger partial charge is 0.356 e. The topological polar surface area (TPSA) is 45.4 Å². The monoisotopic (exact) mass is 252 g/mol. The lowest BCUT2D eigenvalue weighted by atomic mass is 10.2. The van der Waals surface area contributed by atoms with E-state index in [1.54, 1.807) is 12.3 Å². The molecule has 5 heteroatoms. The Morgan fingerprint density at radius 2 is 2.17 bits per heavy atom. The Morgan fingerprint density at radius 1 is 1.44 bits per heavy atom. The fourth-order valence-electron chi connectivity index (χ4n) is 2.30. The summed E-state index contributed by atoms with van der Waals surface area (Å²) in [6.07, 6.45) is 4.17. The van der Waals surface area contributed by atoms with Crippen LogP contribution in [-0.2, 0) is 6.54 Å². The highest BCUT2D eigenvalue weighted by Crippen LogP contribution is 2.18. The van der Waals surface area contributed by atoms with Crippen molar-refractivity contribution in [1.29, 1.82) is 0 Å². The van der Waals surface area contributed by atoms with Crippen molar-refractivity contribution in [2.24, 2.45) is 5.73 Å². The molecule has 2 heterocycles. The SMILES string of the molecule is CN(CCN1CCCC1)c1nccc(CN)c1F. The van der Waals surface area contributed by atoms with Gasteiger partial charge in [0.15, 0.2) is 11.6 Å². The third-order valence-electron chi connectivity index (χ3n) is 3.48. The van der Waals surface area contributed by atoms with E-state index in [4.69, 9.17) is 5.73 Å². The highest BCUT2D eigenvalue weighted by atomic mass is 19.1. The van der Waals surface area contributed by atoms with Crippen molar-refractivity contribution >= 4 is 5.82 Å². The second-order valence-corrected chi connectivity index (χ2v) is 4.78. The highest BCUT2D eigenvalue weighted by molar-refractivity contribution is 5.42. The zero-order valence-corrected chi connectivity index (χ0v) is 10.9. The van der Waals surface area contributed by atoms with E-state index in [2.05, 4.69) is 9.88 Å². The van der Waals surface area contributed by atoms with E-state index in [0.29, 0.717) is 11.4 Å². The van der Waals surface area contributed by atoms with Crippen LogP contribution in [0, 0.1) is 5.82 Å². The van der Waals surface area contributed by atoms with Gasteiger partial charge in [0.05, 0.1) is 0 Å². The van der Waals surface area contributed by atoms with Crippen LogP contribution in [0.3, 0.4) is 0 Å². The zero-order chi connectivity index (χ0) is 13.0. The van der Waals surface area contributed by atoms with Crippen molar-refractivity contribution in [3.63, 3.8) is 0 Å². The molecule has 0 spiro atoms. The number of aromatic nitrogens is 1. The first-order valence-electron chi connectivity index (χ1n) is 6.49. The smallest absolute Gasteiger partial charge is 0.170 e. The average molecular weight is 252 g/mol. The minimum Gasteiger partial charge on any atom is -0.356 e. The van der Waals surface area contributed by atoms with Crippen LogP contribution in [0.25, 0.3) is 0 Å². The molecular formula is C13H21FN4. The fraction of sp³-hybridized carbons (Fsp3) is 0.615. The molecule has 0 aromatic carbocycles. The molecule has 18 heavy (non-hydrogen) atoms. The fourth-order valence-corrected chi connectivity index (χ4v) is 2.30. The van der Waals surface area contributed by atoms with Gasteiger partial charge in [-0.25, -0.2) is 9.37 Å². The molecule has 0 bridgehead atoms. The van der Waals surface area contributed by atoms with Gasteiger partial charge in [0.2, 0.25) is 0 Å². The minimum atomic E-state index is -0.288. The quantitative estimate of drug-likeness (QED) is 0.855. The summed E-state index contributed by atoms with van der Waals surface area (Å²) in [7, 11) is 1.88. The van der Waals surface area contributed by atoms with E-state index >= 15 is 0 Å². The summed E-state index contributed by atoms with van der Waals surface area (Å²) in [6.45, 7) is 4.28. The summed E-state index contributed by atoms with van der Waals surface area (Å²) >= 11 is 0. The molecule has 100 valence electrons. The normalized spacial score (nSPS) is 16.2. The lowest BCUT2D eigenvalue weighted by molar-refractivity contribution is 0.346. The van der Waals surface area contributed by atoms with Crippen LogP contribution in [-0.4, -0.2) is 43.1 Å². The van der Waals surface area contributed by atoms with Gasteiger partial charge in [-0.05, 0) is 32.0 Å². The zero-order valence-electron chi connectivity index (χ0n) is 10.9. The Kier molecular flexibility index (Phi) is 4.49. The van der Waals surface area contributed by atoms with Crippen LogP contribution >= 0.6 is 0 Å². The second-order valence-electron chi connectivity index (χ2n) is 4.78. The first-order valence-corrected chi connectivity index (χ1v) is 6.49. The number of pyridine rings is 1. The van der Waals surface area contributed by atoms with Gasteiger partial charge in [0, 0.05) is 38.4 Å². The molecule has 4 nitrogen and oxygen atoms in total. The summed E-state index contributed by atoms with van der Waals surface area (Å²) in [4.78, 5) is 8.38. The maximum atomic E-state index is 14.0. The molecule has 0 atom stereocenters. The highest BCUT2D eigenvalue weighted by Gasteiger charge is 2.15. The van der Waals surface area contributed by atoms with Gasteiger partial charge in [-0.1, -0.05) is 0 Å². The van der Waals surface area contributed by atoms with E-state index in [9.17, 15) is 4.39 Å². The third kappa shape index (κ3) is 2.97. The molecule has 1 saturated heterocycles. The number of nitrogens with zero attached hydrogens (tertiary/aromatic N) is 3. The number of halogens is 1. The molecule has 1 aliphatic rings. The number of anilines is 1. The number of likely N-dealkylation sites (tertiary alicyclic amines) is 1. The van der Waals surface area contributed by atoms with Gasteiger partial charge in [-0.15, -0.1) is 0 Å². The van der Waals surface area contributed by atoms with Crippen LogP contribution < -0.4 is 10.6 Å². The number of hydrogen-bond donors (Lipinski definition) is 1. The third-order valence-corrected chi connectivity index (χ3v) is 3.48. The molecule has 0 unspecified atom stereocenters. The van der Waals surface area contributed by atoms with Crippen molar-refractivity contribution in [2.45, 2.75) is 19.4 Å². The van der Waals surface area contributed by atoms with Gasteiger partial charge < -0.3 is 15.5 Å². The van der Waals surface area contributed by atoms with Gasteiger partial charge in [-0.2, -0.15) is 0 Å². The molecule has 0 aliphatic carbocycles. The van der Waals surface area contributed by atoms with Crippen molar-refractivity contribution in [1.82, 2.24) is 9.88 Å². The van der Waals surface area contributed by atoms with Crippen molar-refractivity contribution in [2.75, 3.05) is 38.1 Å². The molecule has 0 radical (unpaired) electrons. The van der Waals surface area contributed by atoms with Crippen molar-refractivity contribution in [3.8, 4) is 0 Å². The first kappa shape index (κ1) is 13.2. The van der Waals surface area contributed by atoms with Crippen molar-refractivity contribution in [3.05, 3.63) is 23.6 Å². The summed E-state index contributed by atoms with van der Waals surface area (Å²) < 4.78 is 14.0. The first-order chi connectivity index (χ1) is 8.72. The van der Waals surface area contributed by atoms with E-state index in [-0.39, 0.29) is 12.4 Å². The molecule has 1 fully saturated rings.